The van der Waals surface area contributed by atoms with Crippen LogP contribution in [0.25, 0.3) is 0 Å². The largest absolute Gasteiger partial charge is 0.454 e. The number of aromatic nitrogens is 2. The van der Waals surface area contributed by atoms with Crippen molar-refractivity contribution in [1.82, 2.24) is 14.7 Å². The summed E-state index contributed by atoms with van der Waals surface area (Å²) in [4.78, 5) is 11.7. The third kappa shape index (κ3) is 4.13. The highest BCUT2D eigenvalue weighted by molar-refractivity contribution is 7.90. The topological polar surface area (TPSA) is 106 Å². The molecule has 0 bridgehead atoms. The van der Waals surface area contributed by atoms with Crippen molar-refractivity contribution in [2.24, 2.45) is 4.99 Å². The molecule has 0 spiro atoms. The summed E-state index contributed by atoms with van der Waals surface area (Å²) in [6.07, 6.45) is 2.01. The van der Waals surface area contributed by atoms with Crippen LogP contribution in [0.1, 0.15) is 5.82 Å². The van der Waals surface area contributed by atoms with Crippen LogP contribution in [0.2, 0.25) is 5.02 Å². The molecule has 1 aliphatic heterocycles. The van der Waals surface area contributed by atoms with E-state index in [0.29, 0.717) is 10.8 Å². The van der Waals surface area contributed by atoms with E-state index >= 15 is 0 Å². The summed E-state index contributed by atoms with van der Waals surface area (Å²) in [5.74, 6) is 0.241. The van der Waals surface area contributed by atoms with Crippen molar-refractivity contribution in [3.8, 4) is 11.5 Å². The Morgan fingerprint density at radius 2 is 1.79 bits per heavy atom. The van der Waals surface area contributed by atoms with E-state index in [-0.39, 0.29) is 34.7 Å². The Hall–Kier alpha value is -3.24. The number of benzene rings is 2. The number of halogens is 2. The lowest BCUT2D eigenvalue weighted by Crippen LogP contribution is -2.40. The van der Waals surface area contributed by atoms with Crippen molar-refractivity contribution in [2.45, 2.75) is 11.4 Å². The molecule has 0 fully saturated rings. The van der Waals surface area contributed by atoms with Crippen LogP contribution in [0.4, 0.5) is 10.1 Å². The van der Waals surface area contributed by atoms with Gasteiger partial charge < -0.3 is 10.1 Å². The molecule has 0 radical (unpaired) electrons. The van der Waals surface area contributed by atoms with Crippen molar-refractivity contribution >= 4 is 33.3 Å². The fourth-order valence-corrected chi connectivity index (χ4v) is 3.89. The zero-order chi connectivity index (χ0) is 20.4. The number of para-hydroxylation sites is 2. The van der Waals surface area contributed by atoms with Crippen molar-refractivity contribution in [2.75, 3.05) is 5.32 Å². The highest BCUT2D eigenvalue weighted by atomic mass is 35.5. The smallest absolute Gasteiger partial charge is 0.266 e. The highest BCUT2D eigenvalue weighted by Gasteiger charge is 2.29. The fourth-order valence-electron chi connectivity index (χ4n) is 2.56. The van der Waals surface area contributed by atoms with Gasteiger partial charge in [0.15, 0.2) is 11.6 Å². The SMILES string of the molecule is O=S1(=O)NC(=NCc2ncc(F)cn2)Nc2c(Oc3ccccc3Cl)cccc21. The molecule has 2 N–H and O–H groups in total. The Morgan fingerprint density at radius 3 is 2.55 bits per heavy atom. The van der Waals surface area contributed by atoms with Crippen molar-refractivity contribution in [3.63, 3.8) is 0 Å². The Balaban J connectivity index is 1.67. The van der Waals surface area contributed by atoms with E-state index in [1.807, 2.05) is 0 Å². The van der Waals surface area contributed by atoms with Gasteiger partial charge in [0.05, 0.1) is 17.4 Å². The Bertz CT molecular complexity index is 1200. The van der Waals surface area contributed by atoms with E-state index in [1.165, 1.54) is 6.07 Å². The van der Waals surface area contributed by atoms with E-state index in [2.05, 4.69) is 25.0 Å². The van der Waals surface area contributed by atoms with Crippen LogP contribution < -0.4 is 14.8 Å². The fraction of sp³-hybridized carbons (Fsp3) is 0.0556. The predicted molar refractivity (Wildman–Crippen MR) is 105 cm³/mol. The number of anilines is 1. The summed E-state index contributed by atoms with van der Waals surface area (Å²) in [5.41, 5.74) is 0.213. The number of nitrogens with one attached hydrogen (secondary N) is 2. The third-order valence-electron chi connectivity index (χ3n) is 3.86. The Labute approximate surface area is 170 Å². The molecular weight excluding hydrogens is 421 g/mol. The number of ether oxygens (including phenoxy) is 1. The second-order valence-corrected chi connectivity index (χ2v) is 7.93. The van der Waals surface area contributed by atoms with Gasteiger partial charge in [0.2, 0.25) is 5.96 Å². The lowest BCUT2D eigenvalue weighted by molar-refractivity contribution is 0.483. The zero-order valence-corrected chi connectivity index (χ0v) is 16.2. The number of sulfonamides is 1. The molecule has 1 aromatic heterocycles. The first-order valence-corrected chi connectivity index (χ1v) is 10.1. The van der Waals surface area contributed by atoms with Crippen LogP contribution in [-0.2, 0) is 16.6 Å². The third-order valence-corrected chi connectivity index (χ3v) is 5.55. The summed E-state index contributed by atoms with van der Waals surface area (Å²) < 4.78 is 46.3. The van der Waals surface area contributed by atoms with Gasteiger partial charge in [0.25, 0.3) is 10.0 Å². The van der Waals surface area contributed by atoms with Crippen molar-refractivity contribution in [1.29, 1.82) is 0 Å². The predicted octanol–water partition coefficient (Wildman–Crippen LogP) is 3.32. The summed E-state index contributed by atoms with van der Waals surface area (Å²) >= 11 is 6.13. The molecule has 0 saturated heterocycles. The minimum Gasteiger partial charge on any atom is -0.454 e. The van der Waals surface area contributed by atoms with Gasteiger partial charge in [-0.1, -0.05) is 29.8 Å². The van der Waals surface area contributed by atoms with Crippen LogP contribution >= 0.6 is 11.6 Å². The normalized spacial score (nSPS) is 15.9. The van der Waals surface area contributed by atoms with E-state index < -0.39 is 15.8 Å². The number of hydrogen-bond acceptors (Lipinski definition) is 6. The number of nitrogens with zero attached hydrogens (tertiary/aromatic N) is 3. The molecule has 3 aromatic rings. The van der Waals surface area contributed by atoms with Gasteiger partial charge in [-0.25, -0.2) is 32.5 Å². The maximum atomic E-state index is 12.9. The van der Waals surface area contributed by atoms with Gasteiger partial charge in [-0.3, -0.25) is 0 Å². The lowest BCUT2D eigenvalue weighted by Gasteiger charge is -2.23. The van der Waals surface area contributed by atoms with Gasteiger partial charge in [-0.2, -0.15) is 0 Å². The molecule has 1 aliphatic rings. The van der Waals surface area contributed by atoms with E-state index in [0.717, 1.165) is 12.4 Å². The number of fused-ring (bicyclic) bond motifs is 1. The van der Waals surface area contributed by atoms with Crippen LogP contribution in [-0.4, -0.2) is 24.3 Å². The minimum absolute atomic E-state index is 0.000893. The summed E-state index contributed by atoms with van der Waals surface area (Å²) in [6.45, 7) is -0.0615. The Morgan fingerprint density at radius 1 is 1.07 bits per heavy atom. The van der Waals surface area contributed by atoms with Gasteiger partial charge in [0, 0.05) is 0 Å². The average molecular weight is 434 g/mol. The summed E-state index contributed by atoms with van der Waals surface area (Å²) in [5, 5.41) is 3.28. The van der Waals surface area contributed by atoms with Crippen LogP contribution in [0.15, 0.2) is 64.7 Å². The van der Waals surface area contributed by atoms with E-state index in [1.54, 1.807) is 36.4 Å². The second kappa shape index (κ2) is 7.64. The monoisotopic (exact) mass is 433 g/mol. The van der Waals surface area contributed by atoms with Crippen LogP contribution in [0.3, 0.4) is 0 Å². The molecule has 4 rings (SSSR count). The standard InChI is InChI=1S/C18H13ClFN5O3S/c19-12-4-1-2-5-13(12)28-14-6-3-7-15-17(14)24-18(25-29(15,26)27)23-10-16-21-8-11(20)9-22-16/h1-9H,10H2,(H2,23,24,25). The first-order valence-electron chi connectivity index (χ1n) is 8.28. The first kappa shape index (κ1) is 19.1. The molecule has 29 heavy (non-hydrogen) atoms. The van der Waals surface area contributed by atoms with Gasteiger partial charge in [-0.15, -0.1) is 0 Å². The van der Waals surface area contributed by atoms with Gasteiger partial charge in [-0.05, 0) is 24.3 Å². The summed E-state index contributed by atoms with van der Waals surface area (Å²) in [7, 11) is -3.88. The molecular formula is C18H13ClFN5O3S. The second-order valence-electron chi connectivity index (χ2n) is 5.87. The highest BCUT2D eigenvalue weighted by Crippen LogP contribution is 2.38. The molecule has 2 heterocycles. The average Bonchev–Trinajstić information content (AvgIpc) is 2.69. The minimum atomic E-state index is -3.88. The number of aliphatic imine (C=N–C) groups is 1. The van der Waals surface area contributed by atoms with E-state index in [4.69, 9.17) is 16.3 Å². The van der Waals surface area contributed by atoms with Crippen molar-refractivity contribution in [3.05, 3.63) is 71.5 Å². The molecule has 0 saturated carbocycles. The van der Waals surface area contributed by atoms with Gasteiger partial charge >= 0.3 is 0 Å². The van der Waals surface area contributed by atoms with Crippen LogP contribution in [0, 0.1) is 5.82 Å². The van der Waals surface area contributed by atoms with Crippen molar-refractivity contribution < 1.29 is 17.5 Å². The number of hydrogen-bond donors (Lipinski definition) is 2. The maximum absolute atomic E-state index is 12.9. The zero-order valence-electron chi connectivity index (χ0n) is 14.6. The summed E-state index contributed by atoms with van der Waals surface area (Å²) in [6, 6.07) is 11.4. The molecule has 0 atom stereocenters. The maximum Gasteiger partial charge on any atom is 0.266 e. The first-order chi connectivity index (χ1) is 13.9. The molecule has 148 valence electrons. The molecule has 8 nitrogen and oxygen atoms in total. The Kier molecular flexibility index (Phi) is 5.03. The van der Waals surface area contributed by atoms with Gasteiger partial charge in [0.1, 0.15) is 28.7 Å². The molecule has 2 aromatic carbocycles. The molecule has 0 aliphatic carbocycles. The number of guanidine groups is 1. The van der Waals surface area contributed by atoms with Crippen LogP contribution in [0.5, 0.6) is 11.5 Å². The molecule has 0 unspecified atom stereocenters. The number of rotatable bonds is 4. The molecule has 0 amide bonds. The molecule has 11 heteroatoms. The lowest BCUT2D eigenvalue weighted by atomic mass is 10.3. The van der Waals surface area contributed by atoms with E-state index in [9.17, 15) is 12.8 Å². The quantitative estimate of drug-likeness (QED) is 0.653.